The van der Waals surface area contributed by atoms with Crippen molar-refractivity contribution in [2.75, 3.05) is 26.7 Å². The van der Waals surface area contributed by atoms with Gasteiger partial charge in [0, 0.05) is 12.6 Å². The van der Waals surface area contributed by atoms with Crippen LogP contribution >= 0.6 is 23.2 Å². The van der Waals surface area contributed by atoms with Crippen LogP contribution in [-0.2, 0) is 4.79 Å². The van der Waals surface area contributed by atoms with Crippen LogP contribution in [0.2, 0.25) is 10.0 Å². The molecule has 110 valence electrons. The minimum atomic E-state index is 0.0609. The lowest BCUT2D eigenvalue weighted by Gasteiger charge is -2.17. The Balaban J connectivity index is 1.70. The van der Waals surface area contributed by atoms with Gasteiger partial charge < -0.3 is 10.1 Å². The van der Waals surface area contributed by atoms with E-state index in [2.05, 4.69) is 5.32 Å². The van der Waals surface area contributed by atoms with E-state index >= 15 is 0 Å². The third-order valence-corrected chi connectivity index (χ3v) is 3.59. The van der Waals surface area contributed by atoms with Crippen molar-refractivity contribution in [2.45, 2.75) is 18.9 Å². The number of hydrogen-bond acceptors (Lipinski definition) is 3. The number of nitrogens with zero attached hydrogens (tertiary/aromatic N) is 1. The number of amides is 1. The summed E-state index contributed by atoms with van der Waals surface area (Å²) in [5, 5.41) is 3.93. The maximum absolute atomic E-state index is 11.6. The molecule has 4 nitrogen and oxygen atoms in total. The predicted molar refractivity (Wildman–Crippen MR) is 80.6 cm³/mol. The molecule has 2 rings (SSSR count). The van der Waals surface area contributed by atoms with Crippen LogP contribution in [0.25, 0.3) is 0 Å². The summed E-state index contributed by atoms with van der Waals surface area (Å²) >= 11 is 12.0. The Morgan fingerprint density at radius 1 is 1.40 bits per heavy atom. The number of halogens is 2. The van der Waals surface area contributed by atoms with Gasteiger partial charge in [0.2, 0.25) is 5.91 Å². The predicted octanol–water partition coefficient (Wildman–Crippen LogP) is 2.58. The average molecular weight is 317 g/mol. The van der Waals surface area contributed by atoms with Crippen LogP contribution < -0.4 is 10.1 Å². The monoisotopic (exact) mass is 316 g/mol. The standard InChI is InChI=1S/C14H18Cl2N2O2/c1-18(9-13(19)17-10-5-6-10)7-8-20-14-11(15)3-2-4-12(14)16/h2-4,10H,5-9H2,1H3,(H,17,19). The van der Waals surface area contributed by atoms with E-state index in [4.69, 9.17) is 27.9 Å². The second kappa shape index (κ2) is 7.16. The third kappa shape index (κ3) is 4.85. The zero-order valence-corrected chi connectivity index (χ0v) is 12.9. The van der Waals surface area contributed by atoms with Gasteiger partial charge in [0.15, 0.2) is 5.75 Å². The van der Waals surface area contributed by atoms with Crippen molar-refractivity contribution in [3.05, 3.63) is 28.2 Å². The number of ether oxygens (including phenoxy) is 1. The van der Waals surface area contributed by atoms with Gasteiger partial charge in [-0.25, -0.2) is 0 Å². The Bertz CT molecular complexity index is 458. The van der Waals surface area contributed by atoms with Gasteiger partial charge in [-0.15, -0.1) is 0 Å². The molecule has 0 aliphatic heterocycles. The molecule has 0 saturated heterocycles. The van der Waals surface area contributed by atoms with Crippen LogP contribution in [0.3, 0.4) is 0 Å². The lowest BCUT2D eigenvalue weighted by molar-refractivity contribution is -0.122. The molecular weight excluding hydrogens is 299 g/mol. The number of carbonyl (C=O) groups excluding carboxylic acids is 1. The van der Waals surface area contributed by atoms with Gasteiger partial charge in [-0.1, -0.05) is 29.3 Å². The van der Waals surface area contributed by atoms with Crippen molar-refractivity contribution >= 4 is 29.1 Å². The van der Waals surface area contributed by atoms with Crippen LogP contribution in [0.4, 0.5) is 0 Å². The number of hydrogen-bond donors (Lipinski definition) is 1. The largest absolute Gasteiger partial charge is 0.489 e. The molecule has 0 heterocycles. The quantitative estimate of drug-likeness (QED) is 0.840. The zero-order chi connectivity index (χ0) is 14.5. The SMILES string of the molecule is CN(CCOc1c(Cl)cccc1Cl)CC(=O)NC1CC1. The van der Waals surface area contributed by atoms with Crippen LogP contribution in [-0.4, -0.2) is 43.6 Å². The molecule has 1 aliphatic rings. The van der Waals surface area contributed by atoms with Crippen molar-refractivity contribution < 1.29 is 9.53 Å². The topological polar surface area (TPSA) is 41.6 Å². The van der Waals surface area contributed by atoms with E-state index in [9.17, 15) is 4.79 Å². The van der Waals surface area contributed by atoms with Gasteiger partial charge in [-0.3, -0.25) is 9.69 Å². The molecule has 0 aromatic heterocycles. The number of para-hydroxylation sites is 1. The highest BCUT2D eigenvalue weighted by Gasteiger charge is 2.23. The lowest BCUT2D eigenvalue weighted by Crippen LogP contribution is -2.37. The normalized spacial score (nSPS) is 14.4. The van der Waals surface area contributed by atoms with Crippen LogP contribution in [0.15, 0.2) is 18.2 Å². The van der Waals surface area contributed by atoms with E-state index in [0.29, 0.717) is 41.5 Å². The Labute approximate surface area is 129 Å². The van der Waals surface area contributed by atoms with E-state index in [1.165, 1.54) is 0 Å². The Morgan fingerprint density at radius 3 is 2.65 bits per heavy atom. The second-order valence-electron chi connectivity index (χ2n) is 4.98. The average Bonchev–Trinajstić information content (AvgIpc) is 3.16. The summed E-state index contributed by atoms with van der Waals surface area (Å²) < 4.78 is 5.58. The number of carbonyl (C=O) groups is 1. The van der Waals surface area contributed by atoms with Gasteiger partial charge in [0.05, 0.1) is 16.6 Å². The van der Waals surface area contributed by atoms with Crippen LogP contribution in [0, 0.1) is 0 Å². The summed E-state index contributed by atoms with van der Waals surface area (Å²) in [6, 6.07) is 5.63. The van der Waals surface area contributed by atoms with E-state index in [1.807, 2.05) is 11.9 Å². The van der Waals surface area contributed by atoms with E-state index in [1.54, 1.807) is 18.2 Å². The molecule has 20 heavy (non-hydrogen) atoms. The third-order valence-electron chi connectivity index (χ3n) is 2.99. The Morgan fingerprint density at radius 2 is 2.05 bits per heavy atom. The highest BCUT2D eigenvalue weighted by Crippen LogP contribution is 2.32. The molecular formula is C14H18Cl2N2O2. The van der Waals surface area contributed by atoms with Crippen LogP contribution in [0.5, 0.6) is 5.75 Å². The first kappa shape index (κ1) is 15.4. The molecule has 0 bridgehead atoms. The molecule has 1 fully saturated rings. The number of benzene rings is 1. The highest BCUT2D eigenvalue weighted by atomic mass is 35.5. The number of likely N-dealkylation sites (N-methyl/N-ethyl adjacent to an activating group) is 1. The van der Waals surface area contributed by atoms with Crippen molar-refractivity contribution in [1.29, 1.82) is 0 Å². The summed E-state index contributed by atoms with van der Waals surface area (Å²) in [7, 11) is 1.88. The van der Waals surface area contributed by atoms with Gasteiger partial charge in [0.1, 0.15) is 6.61 Å². The minimum absolute atomic E-state index is 0.0609. The molecule has 0 spiro atoms. The summed E-state index contributed by atoms with van der Waals surface area (Å²) in [6.45, 7) is 1.42. The summed E-state index contributed by atoms with van der Waals surface area (Å²) in [4.78, 5) is 13.5. The van der Waals surface area contributed by atoms with E-state index < -0.39 is 0 Å². The maximum Gasteiger partial charge on any atom is 0.234 e. The Kier molecular flexibility index (Phi) is 5.52. The van der Waals surface area contributed by atoms with Crippen LogP contribution in [0.1, 0.15) is 12.8 Å². The van der Waals surface area contributed by atoms with Crippen molar-refractivity contribution in [3.63, 3.8) is 0 Å². The van der Waals surface area contributed by atoms with E-state index in [0.717, 1.165) is 12.8 Å². The first-order valence-corrected chi connectivity index (χ1v) is 7.36. The first-order chi connectivity index (χ1) is 9.56. The second-order valence-corrected chi connectivity index (χ2v) is 5.79. The van der Waals surface area contributed by atoms with Crippen molar-refractivity contribution in [2.24, 2.45) is 0 Å². The fourth-order valence-corrected chi connectivity index (χ4v) is 2.26. The molecule has 1 N–H and O–H groups in total. The summed E-state index contributed by atoms with van der Waals surface area (Å²) in [6.07, 6.45) is 2.20. The molecule has 1 saturated carbocycles. The molecule has 1 amide bonds. The van der Waals surface area contributed by atoms with Gasteiger partial charge >= 0.3 is 0 Å². The summed E-state index contributed by atoms with van der Waals surface area (Å²) in [5.41, 5.74) is 0. The van der Waals surface area contributed by atoms with Crippen molar-refractivity contribution in [1.82, 2.24) is 10.2 Å². The van der Waals surface area contributed by atoms with Gasteiger partial charge in [-0.05, 0) is 32.0 Å². The zero-order valence-electron chi connectivity index (χ0n) is 11.4. The molecule has 0 unspecified atom stereocenters. The molecule has 6 heteroatoms. The van der Waals surface area contributed by atoms with E-state index in [-0.39, 0.29) is 5.91 Å². The molecule has 0 radical (unpaired) electrons. The summed E-state index contributed by atoms with van der Waals surface area (Å²) in [5.74, 6) is 0.553. The smallest absolute Gasteiger partial charge is 0.234 e. The fourth-order valence-electron chi connectivity index (χ4n) is 1.75. The fraction of sp³-hybridized carbons (Fsp3) is 0.500. The number of rotatable bonds is 7. The van der Waals surface area contributed by atoms with Gasteiger partial charge in [0.25, 0.3) is 0 Å². The van der Waals surface area contributed by atoms with Crippen molar-refractivity contribution in [3.8, 4) is 5.75 Å². The van der Waals surface area contributed by atoms with Gasteiger partial charge in [-0.2, -0.15) is 0 Å². The molecule has 1 aromatic carbocycles. The molecule has 0 atom stereocenters. The number of nitrogens with one attached hydrogen (secondary N) is 1. The highest BCUT2D eigenvalue weighted by molar-refractivity contribution is 6.37. The minimum Gasteiger partial charge on any atom is -0.489 e. The first-order valence-electron chi connectivity index (χ1n) is 6.61. The lowest BCUT2D eigenvalue weighted by atomic mass is 10.3. The molecule has 1 aromatic rings. The molecule has 1 aliphatic carbocycles. The maximum atomic E-state index is 11.6. The Hall–Kier alpha value is -0.970.